The van der Waals surface area contributed by atoms with Gasteiger partial charge in [0.05, 0.1) is 10.5 Å². The van der Waals surface area contributed by atoms with Gasteiger partial charge in [0.25, 0.3) is 5.69 Å². The van der Waals surface area contributed by atoms with Crippen molar-refractivity contribution in [1.82, 2.24) is 0 Å². The standard InChI is InChI=1S/C13H8ClNO3/c14-11-4-2-10(3-5-11)12-6-1-9(8-16)7-13(12)15(17)18/h1-8H. The smallest absolute Gasteiger partial charge is 0.277 e. The zero-order valence-electron chi connectivity index (χ0n) is 9.17. The number of benzene rings is 2. The molecular weight excluding hydrogens is 254 g/mol. The molecule has 0 radical (unpaired) electrons. The van der Waals surface area contributed by atoms with E-state index in [9.17, 15) is 14.9 Å². The van der Waals surface area contributed by atoms with Crippen molar-refractivity contribution in [3.05, 3.63) is 63.2 Å². The summed E-state index contributed by atoms with van der Waals surface area (Å²) < 4.78 is 0. The van der Waals surface area contributed by atoms with Crippen LogP contribution in [0, 0.1) is 10.1 Å². The Morgan fingerprint density at radius 1 is 1.11 bits per heavy atom. The Morgan fingerprint density at radius 3 is 2.33 bits per heavy atom. The van der Waals surface area contributed by atoms with Crippen molar-refractivity contribution in [2.75, 3.05) is 0 Å². The highest BCUT2D eigenvalue weighted by Crippen LogP contribution is 2.31. The third-order valence-electron chi connectivity index (χ3n) is 2.51. The Morgan fingerprint density at radius 2 is 1.78 bits per heavy atom. The Bertz CT molecular complexity index is 608. The second-order valence-electron chi connectivity index (χ2n) is 3.66. The van der Waals surface area contributed by atoms with Crippen molar-refractivity contribution in [2.45, 2.75) is 0 Å². The van der Waals surface area contributed by atoms with E-state index >= 15 is 0 Å². The molecule has 0 amide bonds. The Kier molecular flexibility index (Phi) is 3.39. The van der Waals surface area contributed by atoms with E-state index in [1.807, 2.05) is 0 Å². The Hall–Kier alpha value is -2.20. The average Bonchev–Trinajstić information content (AvgIpc) is 2.39. The summed E-state index contributed by atoms with van der Waals surface area (Å²) in [5, 5.41) is 11.6. The summed E-state index contributed by atoms with van der Waals surface area (Å²) in [7, 11) is 0. The molecule has 0 aliphatic carbocycles. The van der Waals surface area contributed by atoms with Crippen molar-refractivity contribution in [3.63, 3.8) is 0 Å². The van der Waals surface area contributed by atoms with Crippen LogP contribution in [0.2, 0.25) is 5.02 Å². The van der Waals surface area contributed by atoms with Crippen LogP contribution in [-0.2, 0) is 0 Å². The molecule has 0 aliphatic rings. The molecule has 0 bridgehead atoms. The number of rotatable bonds is 3. The molecule has 0 aliphatic heterocycles. The number of nitro benzene ring substituents is 1. The van der Waals surface area contributed by atoms with E-state index in [-0.39, 0.29) is 11.3 Å². The zero-order valence-corrected chi connectivity index (χ0v) is 9.92. The molecule has 2 rings (SSSR count). The highest BCUT2D eigenvalue weighted by Gasteiger charge is 2.15. The van der Waals surface area contributed by atoms with Gasteiger partial charge in [-0.2, -0.15) is 0 Å². The number of nitrogens with zero attached hydrogens (tertiary/aromatic N) is 1. The molecule has 4 nitrogen and oxygen atoms in total. The van der Waals surface area contributed by atoms with Gasteiger partial charge in [-0.05, 0) is 23.8 Å². The van der Waals surface area contributed by atoms with Crippen LogP contribution in [0.4, 0.5) is 5.69 Å². The van der Waals surface area contributed by atoms with Crippen molar-refractivity contribution in [1.29, 1.82) is 0 Å². The first-order valence-electron chi connectivity index (χ1n) is 5.11. The number of aldehydes is 1. The maximum absolute atomic E-state index is 11.0. The maximum Gasteiger partial charge on any atom is 0.277 e. The summed E-state index contributed by atoms with van der Waals surface area (Å²) >= 11 is 5.77. The minimum Gasteiger partial charge on any atom is -0.298 e. The van der Waals surface area contributed by atoms with Gasteiger partial charge in [-0.25, -0.2) is 0 Å². The molecule has 2 aromatic rings. The van der Waals surface area contributed by atoms with Gasteiger partial charge < -0.3 is 0 Å². The van der Waals surface area contributed by atoms with Gasteiger partial charge in [0.15, 0.2) is 0 Å². The fourth-order valence-corrected chi connectivity index (χ4v) is 1.77. The molecular formula is C13H8ClNO3. The van der Waals surface area contributed by atoms with E-state index < -0.39 is 4.92 Å². The van der Waals surface area contributed by atoms with Gasteiger partial charge in [0, 0.05) is 16.7 Å². The molecule has 0 saturated carbocycles. The van der Waals surface area contributed by atoms with E-state index in [4.69, 9.17) is 11.6 Å². The first-order valence-corrected chi connectivity index (χ1v) is 5.49. The lowest BCUT2D eigenvalue weighted by Crippen LogP contribution is -1.93. The summed E-state index contributed by atoms with van der Waals surface area (Å²) in [6, 6.07) is 11.1. The summed E-state index contributed by atoms with van der Waals surface area (Å²) in [5.74, 6) is 0. The van der Waals surface area contributed by atoms with Crippen LogP contribution in [0.5, 0.6) is 0 Å². The van der Waals surface area contributed by atoms with Crippen LogP contribution < -0.4 is 0 Å². The molecule has 0 heterocycles. The molecule has 0 atom stereocenters. The molecule has 2 aromatic carbocycles. The topological polar surface area (TPSA) is 60.2 Å². The summed E-state index contributed by atoms with van der Waals surface area (Å²) in [6.45, 7) is 0. The van der Waals surface area contributed by atoms with E-state index in [1.54, 1.807) is 36.4 Å². The first-order chi connectivity index (χ1) is 8.61. The van der Waals surface area contributed by atoms with Crippen LogP contribution in [0.3, 0.4) is 0 Å². The summed E-state index contributed by atoms with van der Waals surface area (Å²) in [4.78, 5) is 21.1. The van der Waals surface area contributed by atoms with Crippen LogP contribution in [-0.4, -0.2) is 11.2 Å². The van der Waals surface area contributed by atoms with Gasteiger partial charge in [0.1, 0.15) is 6.29 Å². The lowest BCUT2D eigenvalue weighted by atomic mass is 10.0. The normalized spacial score (nSPS) is 10.1. The van der Waals surface area contributed by atoms with E-state index in [2.05, 4.69) is 0 Å². The summed E-state index contributed by atoms with van der Waals surface area (Å²) in [5.41, 5.74) is 1.33. The lowest BCUT2D eigenvalue weighted by molar-refractivity contribution is -0.384. The minimum atomic E-state index is -0.503. The predicted molar refractivity (Wildman–Crippen MR) is 68.9 cm³/mol. The van der Waals surface area contributed by atoms with Gasteiger partial charge in [-0.1, -0.05) is 29.8 Å². The van der Waals surface area contributed by atoms with Gasteiger partial charge >= 0.3 is 0 Å². The fourth-order valence-electron chi connectivity index (χ4n) is 1.65. The molecule has 90 valence electrons. The van der Waals surface area contributed by atoms with Crippen LogP contribution in [0.25, 0.3) is 11.1 Å². The lowest BCUT2D eigenvalue weighted by Gasteiger charge is -2.04. The highest BCUT2D eigenvalue weighted by atomic mass is 35.5. The molecule has 0 saturated heterocycles. The molecule has 0 fully saturated rings. The fraction of sp³-hybridized carbons (Fsp3) is 0. The van der Waals surface area contributed by atoms with Crippen LogP contribution >= 0.6 is 11.6 Å². The number of hydrogen-bond acceptors (Lipinski definition) is 3. The monoisotopic (exact) mass is 261 g/mol. The van der Waals surface area contributed by atoms with Crippen LogP contribution in [0.1, 0.15) is 10.4 Å². The number of carbonyl (C=O) groups is 1. The van der Waals surface area contributed by atoms with Gasteiger partial charge in [0.2, 0.25) is 0 Å². The van der Waals surface area contributed by atoms with Crippen molar-refractivity contribution < 1.29 is 9.72 Å². The second kappa shape index (κ2) is 4.98. The highest BCUT2D eigenvalue weighted by molar-refractivity contribution is 6.30. The van der Waals surface area contributed by atoms with E-state index in [0.29, 0.717) is 22.4 Å². The third kappa shape index (κ3) is 2.38. The molecule has 0 unspecified atom stereocenters. The SMILES string of the molecule is O=Cc1ccc(-c2ccc(Cl)cc2)c([N+](=O)[O-])c1. The maximum atomic E-state index is 11.0. The zero-order chi connectivity index (χ0) is 13.1. The predicted octanol–water partition coefficient (Wildman–Crippen LogP) is 3.73. The average molecular weight is 262 g/mol. The molecule has 0 aromatic heterocycles. The van der Waals surface area contributed by atoms with Gasteiger partial charge in [-0.15, -0.1) is 0 Å². The number of nitro groups is 1. The Balaban J connectivity index is 2.59. The molecule has 0 N–H and O–H groups in total. The van der Waals surface area contributed by atoms with E-state index in [0.717, 1.165) is 0 Å². The Labute approximate surface area is 108 Å². The third-order valence-corrected chi connectivity index (χ3v) is 2.76. The molecule has 18 heavy (non-hydrogen) atoms. The quantitative estimate of drug-likeness (QED) is 0.480. The number of carbonyl (C=O) groups excluding carboxylic acids is 1. The number of hydrogen-bond donors (Lipinski definition) is 0. The minimum absolute atomic E-state index is 0.0954. The molecule has 0 spiro atoms. The van der Waals surface area contributed by atoms with Crippen LogP contribution in [0.15, 0.2) is 42.5 Å². The first kappa shape index (κ1) is 12.3. The number of halogens is 1. The van der Waals surface area contributed by atoms with E-state index in [1.165, 1.54) is 6.07 Å². The van der Waals surface area contributed by atoms with Gasteiger partial charge in [-0.3, -0.25) is 14.9 Å². The second-order valence-corrected chi connectivity index (χ2v) is 4.09. The summed E-state index contributed by atoms with van der Waals surface area (Å²) in [6.07, 6.45) is 0.582. The van der Waals surface area contributed by atoms with Crippen molar-refractivity contribution >= 4 is 23.6 Å². The van der Waals surface area contributed by atoms with Crippen molar-refractivity contribution in [2.24, 2.45) is 0 Å². The largest absolute Gasteiger partial charge is 0.298 e. The molecule has 5 heteroatoms. The van der Waals surface area contributed by atoms with Crippen molar-refractivity contribution in [3.8, 4) is 11.1 Å².